The topological polar surface area (TPSA) is 30.7 Å². The summed E-state index contributed by atoms with van der Waals surface area (Å²) in [4.78, 5) is 4.02. The number of rotatable bonds is 2. The summed E-state index contributed by atoms with van der Waals surface area (Å²) in [5.41, 5.74) is 3.81. The Balaban J connectivity index is 2.14. The number of thiazole rings is 1. The maximum Gasteiger partial charge on any atom is 0.152 e. The Bertz CT molecular complexity index is 266. The van der Waals surface area contributed by atoms with E-state index in [4.69, 9.17) is 0 Å². The van der Waals surface area contributed by atoms with Crippen molar-refractivity contribution in [3.8, 4) is 0 Å². The summed E-state index contributed by atoms with van der Waals surface area (Å²) < 4.78 is 1.84. The highest BCUT2D eigenvalue weighted by Crippen LogP contribution is 2.01. The molecule has 0 fully saturated rings. The van der Waals surface area contributed by atoms with Crippen LogP contribution in [0.1, 0.15) is 5.69 Å². The molecule has 0 N–H and O–H groups in total. The molecule has 2 heterocycles. The summed E-state index contributed by atoms with van der Waals surface area (Å²) in [5, 5.41) is 6.03. The fraction of sp³-hybridized carbons (Fsp3) is 0.143. The fourth-order valence-electron chi connectivity index (χ4n) is 0.838. The van der Waals surface area contributed by atoms with Crippen LogP contribution in [0.4, 0.5) is 0 Å². The lowest BCUT2D eigenvalue weighted by Gasteiger charge is -1.94. The van der Waals surface area contributed by atoms with Crippen molar-refractivity contribution in [2.75, 3.05) is 0 Å². The van der Waals surface area contributed by atoms with E-state index in [0.717, 1.165) is 12.2 Å². The first-order valence-electron chi connectivity index (χ1n) is 3.23. The summed E-state index contributed by atoms with van der Waals surface area (Å²) in [7, 11) is 0. The van der Waals surface area contributed by atoms with Gasteiger partial charge < -0.3 is 0 Å². The van der Waals surface area contributed by atoms with E-state index >= 15 is 0 Å². The van der Waals surface area contributed by atoms with Crippen LogP contribution < -0.4 is 0 Å². The normalized spacial score (nSPS) is 10.2. The van der Waals surface area contributed by atoms with Crippen molar-refractivity contribution >= 4 is 11.3 Å². The molecule has 0 amide bonds. The standard InChI is InChI=1S/C7H6N3S/c1-2-9-10(3-1)4-7-5-11-6-8-7/h1-3,5H,4H2. The van der Waals surface area contributed by atoms with E-state index in [1.54, 1.807) is 6.20 Å². The molecule has 1 radical (unpaired) electrons. The van der Waals surface area contributed by atoms with E-state index in [-0.39, 0.29) is 0 Å². The van der Waals surface area contributed by atoms with Crippen LogP contribution in [-0.4, -0.2) is 14.8 Å². The second-order valence-corrected chi connectivity index (χ2v) is 2.79. The van der Waals surface area contributed by atoms with Gasteiger partial charge in [-0.05, 0) is 6.07 Å². The second-order valence-electron chi connectivity index (χ2n) is 2.13. The molecule has 0 aliphatic heterocycles. The second kappa shape index (κ2) is 2.84. The van der Waals surface area contributed by atoms with Crippen LogP contribution >= 0.6 is 11.3 Å². The summed E-state index contributed by atoms with van der Waals surface area (Å²) in [6.45, 7) is 0.743. The first kappa shape index (κ1) is 6.54. The van der Waals surface area contributed by atoms with Gasteiger partial charge in [-0.2, -0.15) is 5.10 Å². The van der Waals surface area contributed by atoms with Crippen LogP contribution in [0.5, 0.6) is 0 Å². The molecule has 2 aromatic rings. The summed E-state index contributed by atoms with van der Waals surface area (Å²) in [5.74, 6) is 0. The van der Waals surface area contributed by atoms with Crippen LogP contribution in [0.25, 0.3) is 0 Å². The average molecular weight is 164 g/mol. The van der Waals surface area contributed by atoms with Gasteiger partial charge in [0.05, 0.1) is 12.2 Å². The largest absolute Gasteiger partial charge is 0.267 e. The monoisotopic (exact) mass is 164 g/mol. The van der Waals surface area contributed by atoms with Crippen molar-refractivity contribution in [2.24, 2.45) is 0 Å². The molecule has 0 aromatic carbocycles. The first-order chi connectivity index (χ1) is 5.45. The molecule has 55 valence electrons. The van der Waals surface area contributed by atoms with Gasteiger partial charge in [-0.3, -0.25) is 4.68 Å². The number of aromatic nitrogens is 3. The van der Waals surface area contributed by atoms with Gasteiger partial charge in [0.1, 0.15) is 0 Å². The lowest BCUT2D eigenvalue weighted by atomic mass is 10.5. The van der Waals surface area contributed by atoms with E-state index in [1.165, 1.54) is 11.3 Å². The SMILES string of the molecule is [c]1nc(Cn2cccn2)cs1. The molecule has 2 rings (SSSR count). The molecule has 0 saturated heterocycles. The van der Waals surface area contributed by atoms with Crippen molar-refractivity contribution in [3.05, 3.63) is 35.0 Å². The summed E-state index contributed by atoms with van der Waals surface area (Å²) in [6, 6.07) is 1.90. The van der Waals surface area contributed by atoms with E-state index < -0.39 is 0 Å². The van der Waals surface area contributed by atoms with Crippen LogP contribution in [0, 0.1) is 5.51 Å². The Morgan fingerprint density at radius 2 is 2.64 bits per heavy atom. The fourth-order valence-corrected chi connectivity index (χ4v) is 1.32. The molecular weight excluding hydrogens is 158 g/mol. The van der Waals surface area contributed by atoms with Gasteiger partial charge in [0, 0.05) is 17.8 Å². The Morgan fingerprint density at radius 1 is 1.64 bits per heavy atom. The Labute approximate surface area is 68.3 Å². The highest BCUT2D eigenvalue weighted by molar-refractivity contribution is 7.07. The number of nitrogens with zero attached hydrogens (tertiary/aromatic N) is 3. The predicted molar refractivity (Wildman–Crippen MR) is 42.3 cm³/mol. The minimum Gasteiger partial charge on any atom is -0.267 e. The van der Waals surface area contributed by atoms with Gasteiger partial charge in [-0.25, -0.2) is 4.98 Å². The first-order valence-corrected chi connectivity index (χ1v) is 4.11. The van der Waals surface area contributed by atoms with Crippen molar-refractivity contribution < 1.29 is 0 Å². The molecule has 0 aliphatic rings. The van der Waals surface area contributed by atoms with E-state index in [9.17, 15) is 0 Å². The maximum absolute atomic E-state index is 4.06. The van der Waals surface area contributed by atoms with E-state index in [2.05, 4.69) is 15.6 Å². The lowest BCUT2D eigenvalue weighted by molar-refractivity contribution is 0.675. The van der Waals surface area contributed by atoms with Crippen LogP contribution in [-0.2, 0) is 6.54 Å². The molecule has 2 aromatic heterocycles. The van der Waals surface area contributed by atoms with Gasteiger partial charge in [-0.1, -0.05) is 0 Å². The van der Waals surface area contributed by atoms with Crippen LogP contribution in [0.3, 0.4) is 0 Å². The molecule has 0 spiro atoms. The van der Waals surface area contributed by atoms with Crippen molar-refractivity contribution in [3.63, 3.8) is 0 Å². The molecule has 0 bridgehead atoms. The molecule has 0 saturated carbocycles. The Morgan fingerprint density at radius 3 is 3.27 bits per heavy atom. The quantitative estimate of drug-likeness (QED) is 0.667. The minimum atomic E-state index is 0.743. The summed E-state index contributed by atoms with van der Waals surface area (Å²) >= 11 is 1.48. The molecule has 11 heavy (non-hydrogen) atoms. The minimum absolute atomic E-state index is 0.743. The van der Waals surface area contributed by atoms with Crippen LogP contribution in [0.2, 0.25) is 0 Å². The number of hydrogen-bond donors (Lipinski definition) is 0. The average Bonchev–Trinajstić information content (AvgIpc) is 2.60. The van der Waals surface area contributed by atoms with Crippen molar-refractivity contribution in [2.45, 2.75) is 6.54 Å². The molecule has 3 nitrogen and oxygen atoms in total. The van der Waals surface area contributed by atoms with Gasteiger partial charge in [0.25, 0.3) is 0 Å². The highest BCUT2D eigenvalue weighted by Gasteiger charge is 1.95. The van der Waals surface area contributed by atoms with E-state index in [0.29, 0.717) is 0 Å². The Kier molecular flexibility index (Phi) is 1.69. The van der Waals surface area contributed by atoms with Crippen LogP contribution in [0.15, 0.2) is 23.8 Å². The third kappa shape index (κ3) is 1.46. The third-order valence-electron chi connectivity index (χ3n) is 1.32. The zero-order valence-corrected chi connectivity index (χ0v) is 6.58. The third-order valence-corrected chi connectivity index (χ3v) is 1.91. The Hall–Kier alpha value is -1.16. The zero-order valence-electron chi connectivity index (χ0n) is 5.77. The van der Waals surface area contributed by atoms with Crippen molar-refractivity contribution in [1.29, 1.82) is 0 Å². The highest BCUT2D eigenvalue weighted by atomic mass is 32.1. The van der Waals surface area contributed by atoms with Gasteiger partial charge in [-0.15, -0.1) is 11.3 Å². The van der Waals surface area contributed by atoms with Gasteiger partial charge in [0.15, 0.2) is 5.51 Å². The maximum atomic E-state index is 4.06. The molecule has 0 atom stereocenters. The summed E-state index contributed by atoms with van der Waals surface area (Å²) in [6.07, 6.45) is 3.68. The van der Waals surface area contributed by atoms with E-state index in [1.807, 2.05) is 22.3 Å². The lowest BCUT2D eigenvalue weighted by Crippen LogP contribution is -1.99. The smallest absolute Gasteiger partial charge is 0.152 e. The predicted octanol–water partition coefficient (Wildman–Crippen LogP) is 1.19. The molecule has 4 heteroatoms. The number of hydrogen-bond acceptors (Lipinski definition) is 3. The van der Waals surface area contributed by atoms with Gasteiger partial charge in [0.2, 0.25) is 0 Å². The molecule has 0 unspecified atom stereocenters. The van der Waals surface area contributed by atoms with Crippen molar-refractivity contribution in [1.82, 2.24) is 14.8 Å². The van der Waals surface area contributed by atoms with Gasteiger partial charge >= 0.3 is 0 Å². The molecule has 0 aliphatic carbocycles. The molecular formula is C7H6N3S. The zero-order chi connectivity index (χ0) is 7.52.